The van der Waals surface area contributed by atoms with Crippen LogP contribution in [-0.2, 0) is 22.6 Å². The molecule has 1 saturated heterocycles. The predicted molar refractivity (Wildman–Crippen MR) is 152 cm³/mol. The molecule has 0 atom stereocenters. The maximum atomic E-state index is 12.9. The summed E-state index contributed by atoms with van der Waals surface area (Å²) in [7, 11) is 1.52. The first-order valence-electron chi connectivity index (χ1n) is 11.8. The number of carbonyl (C=O) groups is 3. The lowest BCUT2D eigenvalue weighted by Gasteiger charge is -2.14. The van der Waals surface area contributed by atoms with E-state index in [1.54, 1.807) is 18.2 Å². The number of methoxy groups -OCH3 is 1. The fraction of sp³-hybridized carbons (Fsp3) is 0.179. The molecule has 0 unspecified atom stereocenters. The van der Waals surface area contributed by atoms with Crippen LogP contribution < -0.4 is 20.1 Å². The van der Waals surface area contributed by atoms with Crippen molar-refractivity contribution >= 4 is 61.5 Å². The van der Waals surface area contributed by atoms with Gasteiger partial charge in [0.15, 0.2) is 11.5 Å². The Labute approximate surface area is 237 Å². The zero-order valence-electron chi connectivity index (χ0n) is 20.7. The normalized spacial score (nSPS) is 14.0. The van der Waals surface area contributed by atoms with Gasteiger partial charge in [-0.1, -0.05) is 53.2 Å². The third-order valence-corrected chi connectivity index (χ3v) is 6.91. The highest BCUT2D eigenvalue weighted by atomic mass is 79.9. The fourth-order valence-corrected chi connectivity index (χ4v) is 4.70. The molecular weight excluding hydrogens is 618 g/mol. The van der Waals surface area contributed by atoms with Crippen molar-refractivity contribution < 1.29 is 23.9 Å². The number of para-hydroxylation sites is 1. The number of urea groups is 1. The van der Waals surface area contributed by atoms with E-state index in [2.05, 4.69) is 42.5 Å². The summed E-state index contributed by atoms with van der Waals surface area (Å²) < 4.78 is 13.1. The number of hydrogen-bond acceptors (Lipinski definition) is 5. The van der Waals surface area contributed by atoms with E-state index in [-0.39, 0.29) is 5.70 Å². The molecule has 0 aliphatic carbocycles. The molecule has 3 aromatic rings. The number of ether oxygens (including phenoxy) is 2. The van der Waals surface area contributed by atoms with Gasteiger partial charge in [0.05, 0.1) is 11.6 Å². The summed E-state index contributed by atoms with van der Waals surface area (Å²) in [5.74, 6) is -0.108. The molecule has 38 heavy (non-hydrogen) atoms. The molecule has 0 aromatic heterocycles. The lowest BCUT2D eigenvalue weighted by molar-refractivity contribution is -0.127. The SMILES string of the molecule is CCc1ccccc1NC(=O)CN1C(=O)N/C(=C/c2cc(Br)c(OCc3ccc(Br)cc3)c(OC)c2)C1=O. The second-order valence-corrected chi connectivity index (χ2v) is 10.2. The Morgan fingerprint density at radius 1 is 1.08 bits per heavy atom. The molecular formula is C28H25Br2N3O5. The number of aryl methyl sites for hydroxylation is 1. The molecule has 4 amide bonds. The molecule has 196 valence electrons. The van der Waals surface area contributed by atoms with Crippen molar-refractivity contribution in [2.45, 2.75) is 20.0 Å². The number of imide groups is 1. The second kappa shape index (κ2) is 12.3. The lowest BCUT2D eigenvalue weighted by atomic mass is 10.1. The first-order valence-corrected chi connectivity index (χ1v) is 13.3. The van der Waals surface area contributed by atoms with Crippen LogP contribution in [0.15, 0.2) is 75.3 Å². The van der Waals surface area contributed by atoms with Crippen molar-refractivity contribution in [3.63, 3.8) is 0 Å². The van der Waals surface area contributed by atoms with Crippen LogP contribution in [0, 0.1) is 0 Å². The van der Waals surface area contributed by atoms with E-state index in [9.17, 15) is 14.4 Å². The van der Waals surface area contributed by atoms with Crippen LogP contribution in [0.25, 0.3) is 6.08 Å². The number of halogens is 2. The molecule has 8 nitrogen and oxygen atoms in total. The Bertz CT molecular complexity index is 1410. The first-order chi connectivity index (χ1) is 18.3. The molecule has 1 aliphatic rings. The van der Waals surface area contributed by atoms with Gasteiger partial charge in [0, 0.05) is 10.2 Å². The standard InChI is InChI=1S/C28H25Br2N3O5/c1-3-19-6-4-5-7-22(19)31-25(34)15-33-27(35)23(32-28(33)36)13-18-12-21(30)26(24(14-18)37-2)38-16-17-8-10-20(29)11-9-17/h4-14H,3,15-16H2,1-2H3,(H,31,34)(H,32,36)/b23-13+. The zero-order chi connectivity index (χ0) is 27.2. The van der Waals surface area contributed by atoms with Gasteiger partial charge in [-0.3, -0.25) is 9.59 Å². The van der Waals surface area contributed by atoms with E-state index in [0.717, 1.165) is 26.9 Å². The quantitative estimate of drug-likeness (QED) is 0.224. The van der Waals surface area contributed by atoms with E-state index in [1.165, 1.54) is 13.2 Å². The van der Waals surface area contributed by atoms with Gasteiger partial charge in [-0.05, 0) is 75.4 Å². The molecule has 4 rings (SSSR count). The highest BCUT2D eigenvalue weighted by molar-refractivity contribution is 9.10. The van der Waals surface area contributed by atoms with Gasteiger partial charge in [-0.15, -0.1) is 0 Å². The molecule has 1 fully saturated rings. The Balaban J connectivity index is 1.47. The van der Waals surface area contributed by atoms with Gasteiger partial charge in [-0.25, -0.2) is 9.69 Å². The summed E-state index contributed by atoms with van der Waals surface area (Å²) in [6.45, 7) is 1.90. The number of amides is 4. The average Bonchev–Trinajstić information content (AvgIpc) is 3.16. The van der Waals surface area contributed by atoms with Crippen LogP contribution in [0.4, 0.5) is 10.5 Å². The smallest absolute Gasteiger partial charge is 0.329 e. The van der Waals surface area contributed by atoms with Gasteiger partial charge in [0.25, 0.3) is 5.91 Å². The molecule has 10 heteroatoms. The molecule has 3 aromatic carbocycles. The lowest BCUT2D eigenvalue weighted by Crippen LogP contribution is -2.38. The van der Waals surface area contributed by atoms with Gasteiger partial charge >= 0.3 is 6.03 Å². The third kappa shape index (κ3) is 6.43. The number of hydrogen-bond donors (Lipinski definition) is 2. The van der Waals surface area contributed by atoms with Crippen LogP contribution in [-0.4, -0.2) is 36.4 Å². The van der Waals surface area contributed by atoms with Crippen LogP contribution >= 0.6 is 31.9 Å². The van der Waals surface area contributed by atoms with Gasteiger partial charge < -0.3 is 20.1 Å². The van der Waals surface area contributed by atoms with Crippen LogP contribution in [0.3, 0.4) is 0 Å². The number of benzene rings is 3. The molecule has 2 N–H and O–H groups in total. The summed E-state index contributed by atoms with van der Waals surface area (Å²) in [6.07, 6.45) is 2.26. The highest BCUT2D eigenvalue weighted by Gasteiger charge is 2.35. The summed E-state index contributed by atoms with van der Waals surface area (Å²) in [5, 5.41) is 5.32. The van der Waals surface area contributed by atoms with E-state index < -0.39 is 24.4 Å². The van der Waals surface area contributed by atoms with Crippen molar-refractivity contribution in [1.82, 2.24) is 10.2 Å². The summed E-state index contributed by atoms with van der Waals surface area (Å²) in [5.41, 5.74) is 3.24. The maximum absolute atomic E-state index is 12.9. The van der Waals surface area contributed by atoms with Gasteiger partial charge in [0.2, 0.25) is 5.91 Å². The third-order valence-electron chi connectivity index (χ3n) is 5.80. The molecule has 1 aliphatic heterocycles. The van der Waals surface area contributed by atoms with Crippen molar-refractivity contribution in [1.29, 1.82) is 0 Å². The molecule has 1 heterocycles. The Hall–Kier alpha value is -3.63. The number of rotatable bonds is 9. The van der Waals surface area contributed by atoms with Gasteiger partial charge in [0.1, 0.15) is 18.8 Å². The van der Waals surface area contributed by atoms with Crippen molar-refractivity contribution in [3.8, 4) is 11.5 Å². The minimum atomic E-state index is -0.666. The average molecular weight is 643 g/mol. The van der Waals surface area contributed by atoms with E-state index >= 15 is 0 Å². The molecule has 0 radical (unpaired) electrons. The first kappa shape index (κ1) is 27.4. The van der Waals surface area contributed by atoms with Crippen LogP contribution in [0.2, 0.25) is 0 Å². The number of nitrogens with zero attached hydrogens (tertiary/aromatic N) is 1. The summed E-state index contributed by atoms with van der Waals surface area (Å²) >= 11 is 6.93. The van der Waals surface area contributed by atoms with Crippen molar-refractivity contribution in [2.24, 2.45) is 0 Å². The second-order valence-electron chi connectivity index (χ2n) is 8.39. The minimum absolute atomic E-state index is 0.0502. The minimum Gasteiger partial charge on any atom is -0.493 e. The van der Waals surface area contributed by atoms with E-state index in [1.807, 2.05) is 49.4 Å². The topological polar surface area (TPSA) is 97.0 Å². The Morgan fingerprint density at radius 2 is 1.82 bits per heavy atom. The maximum Gasteiger partial charge on any atom is 0.329 e. The Kier molecular flexibility index (Phi) is 8.85. The van der Waals surface area contributed by atoms with E-state index in [0.29, 0.717) is 33.8 Å². The van der Waals surface area contributed by atoms with Crippen LogP contribution in [0.5, 0.6) is 11.5 Å². The molecule has 0 saturated carbocycles. The van der Waals surface area contributed by atoms with Gasteiger partial charge in [-0.2, -0.15) is 0 Å². The Morgan fingerprint density at radius 3 is 2.53 bits per heavy atom. The van der Waals surface area contributed by atoms with E-state index in [4.69, 9.17) is 9.47 Å². The predicted octanol–water partition coefficient (Wildman–Crippen LogP) is 5.89. The highest BCUT2D eigenvalue weighted by Crippen LogP contribution is 2.38. The number of anilines is 1. The van der Waals surface area contributed by atoms with Crippen LogP contribution in [0.1, 0.15) is 23.6 Å². The largest absolute Gasteiger partial charge is 0.493 e. The number of nitrogens with one attached hydrogen (secondary N) is 2. The zero-order valence-corrected chi connectivity index (χ0v) is 23.9. The molecule has 0 spiro atoms. The summed E-state index contributed by atoms with van der Waals surface area (Å²) in [4.78, 5) is 38.9. The van der Waals surface area contributed by atoms with Crippen molar-refractivity contribution in [3.05, 3.63) is 92.0 Å². The van der Waals surface area contributed by atoms with Crippen molar-refractivity contribution in [2.75, 3.05) is 19.0 Å². The number of carbonyl (C=O) groups excluding carboxylic acids is 3. The fourth-order valence-electron chi connectivity index (χ4n) is 3.87. The monoisotopic (exact) mass is 641 g/mol. The molecule has 0 bridgehead atoms. The summed E-state index contributed by atoms with van der Waals surface area (Å²) in [6, 6.07) is 17.9.